The number of fused-ring (bicyclic) bond motifs is 1. The van der Waals surface area contributed by atoms with E-state index in [2.05, 4.69) is 44.3 Å². The molecule has 0 N–H and O–H groups in total. The van der Waals surface area contributed by atoms with Crippen LogP contribution in [0.4, 0.5) is 10.6 Å². The van der Waals surface area contributed by atoms with Crippen molar-refractivity contribution in [2.45, 2.75) is 91.2 Å². The predicted octanol–water partition coefficient (Wildman–Crippen LogP) is 4.67. The first-order valence-corrected chi connectivity index (χ1v) is 22.4. The number of rotatable bonds is 12. The van der Waals surface area contributed by atoms with Gasteiger partial charge in [0.2, 0.25) is 0 Å². The van der Waals surface area contributed by atoms with E-state index in [1.807, 2.05) is 25.7 Å². The van der Waals surface area contributed by atoms with Gasteiger partial charge in [-0.3, -0.25) is 13.9 Å². The van der Waals surface area contributed by atoms with Gasteiger partial charge in [-0.15, -0.1) is 0 Å². The number of hydrogen-bond acceptors (Lipinski definition) is 9. The number of carbonyl (C=O) groups is 2. The number of piperazine rings is 1. The Morgan fingerprint density at radius 1 is 0.907 bits per heavy atom. The molecule has 1 amide bonds. The minimum absolute atomic E-state index is 0.0609. The van der Waals surface area contributed by atoms with Gasteiger partial charge in [0.1, 0.15) is 47.8 Å². The molecule has 2 aromatic rings. The maximum Gasteiger partial charge on any atom is 0.410 e. The number of aromatic nitrogens is 3. The monoisotopic (exact) mass is 637 g/mol. The van der Waals surface area contributed by atoms with E-state index in [4.69, 9.17) is 18.9 Å². The van der Waals surface area contributed by atoms with Gasteiger partial charge in [0.05, 0.1) is 7.11 Å². The van der Waals surface area contributed by atoms with E-state index in [0.29, 0.717) is 45.2 Å². The Balaban J connectivity index is 2.02. The Hall–Kier alpha value is -2.69. The van der Waals surface area contributed by atoms with Crippen molar-refractivity contribution in [3.05, 3.63) is 22.2 Å². The third-order valence-corrected chi connectivity index (χ3v) is 10.5. The summed E-state index contributed by atoms with van der Waals surface area (Å²) in [6, 6.07) is 1.93. The summed E-state index contributed by atoms with van der Waals surface area (Å²) in [5.41, 5.74) is -0.199. The number of esters is 1. The van der Waals surface area contributed by atoms with Crippen molar-refractivity contribution in [1.82, 2.24) is 19.0 Å². The molecular weight excluding hydrogens is 587 g/mol. The molecule has 1 saturated heterocycles. The zero-order valence-electron chi connectivity index (χ0n) is 27.7. The zero-order chi connectivity index (χ0) is 32.2. The molecule has 242 valence electrons. The van der Waals surface area contributed by atoms with E-state index in [1.54, 1.807) is 9.47 Å². The molecule has 0 bridgehead atoms. The van der Waals surface area contributed by atoms with Crippen LogP contribution in [-0.4, -0.2) is 99.3 Å². The van der Waals surface area contributed by atoms with Gasteiger partial charge < -0.3 is 28.7 Å². The second-order valence-corrected chi connectivity index (χ2v) is 25.7. The van der Waals surface area contributed by atoms with Crippen molar-refractivity contribution in [2.24, 2.45) is 0 Å². The molecule has 0 saturated carbocycles. The minimum Gasteiger partial charge on any atom is -0.465 e. The highest BCUT2D eigenvalue weighted by molar-refractivity contribution is 6.76. The lowest BCUT2D eigenvalue weighted by Gasteiger charge is -2.37. The maximum atomic E-state index is 13.9. The molecule has 0 spiro atoms. The highest BCUT2D eigenvalue weighted by Crippen LogP contribution is 2.32. The Bertz CT molecular complexity index is 1330. The maximum absolute atomic E-state index is 13.9. The lowest BCUT2D eigenvalue weighted by atomic mass is 10.2. The van der Waals surface area contributed by atoms with Crippen LogP contribution < -0.4 is 10.5 Å². The van der Waals surface area contributed by atoms with Crippen LogP contribution in [-0.2, 0) is 32.4 Å². The molecule has 14 heteroatoms. The van der Waals surface area contributed by atoms with Crippen LogP contribution in [0.15, 0.2) is 11.1 Å². The SMILES string of the molecule is COC(=O)c1c(N2CCN(C(=O)OC(C)(C)C)CC2)n(COCC[Si](C)(C)C)c2c(=O)n(COCC[Si](C)(C)C)cnc12. The predicted molar refractivity (Wildman–Crippen MR) is 174 cm³/mol. The Morgan fingerprint density at radius 3 is 1.98 bits per heavy atom. The van der Waals surface area contributed by atoms with E-state index in [1.165, 1.54) is 18.0 Å². The molecule has 12 nitrogen and oxygen atoms in total. The number of anilines is 1. The molecule has 43 heavy (non-hydrogen) atoms. The third kappa shape index (κ3) is 9.65. The summed E-state index contributed by atoms with van der Waals surface area (Å²) in [7, 11) is -1.34. The molecule has 0 radical (unpaired) electrons. The summed E-state index contributed by atoms with van der Waals surface area (Å²) < 4.78 is 25.9. The van der Waals surface area contributed by atoms with Crippen LogP contribution in [0.1, 0.15) is 31.1 Å². The fourth-order valence-corrected chi connectivity index (χ4v) is 6.10. The van der Waals surface area contributed by atoms with Gasteiger partial charge in [0, 0.05) is 55.5 Å². The van der Waals surface area contributed by atoms with E-state index >= 15 is 0 Å². The van der Waals surface area contributed by atoms with Crippen LogP contribution >= 0.6 is 0 Å². The van der Waals surface area contributed by atoms with E-state index in [0.717, 1.165) is 12.1 Å². The number of methoxy groups -OCH3 is 1. The fourth-order valence-electron chi connectivity index (χ4n) is 4.59. The first-order chi connectivity index (χ1) is 19.9. The normalized spacial score (nSPS) is 14.8. The van der Waals surface area contributed by atoms with Crippen molar-refractivity contribution in [1.29, 1.82) is 0 Å². The molecule has 3 heterocycles. The molecule has 2 aromatic heterocycles. The molecule has 1 aliphatic rings. The highest BCUT2D eigenvalue weighted by atomic mass is 28.3. The number of hydrogen-bond donors (Lipinski definition) is 0. The molecule has 1 aliphatic heterocycles. The lowest BCUT2D eigenvalue weighted by Crippen LogP contribution is -2.50. The Kier molecular flexibility index (Phi) is 11.3. The average molecular weight is 638 g/mol. The number of nitrogens with zero attached hydrogens (tertiary/aromatic N) is 5. The second kappa shape index (κ2) is 14.0. The molecule has 1 fully saturated rings. The van der Waals surface area contributed by atoms with Gasteiger partial charge in [-0.1, -0.05) is 39.3 Å². The van der Waals surface area contributed by atoms with E-state index < -0.39 is 27.7 Å². The fraction of sp³-hybridized carbons (Fsp3) is 0.724. The topological polar surface area (TPSA) is 117 Å². The second-order valence-electron chi connectivity index (χ2n) is 14.5. The summed E-state index contributed by atoms with van der Waals surface area (Å²) in [4.78, 5) is 48.1. The average Bonchev–Trinajstić information content (AvgIpc) is 3.22. The number of carbonyl (C=O) groups excluding carboxylic acids is 2. The molecule has 0 atom stereocenters. The Labute approximate surface area is 257 Å². The van der Waals surface area contributed by atoms with Crippen LogP contribution in [0.2, 0.25) is 51.4 Å². The van der Waals surface area contributed by atoms with Crippen LogP contribution in [0.5, 0.6) is 0 Å². The molecular formula is C29H51N5O7Si2. The summed E-state index contributed by atoms with van der Waals surface area (Å²) >= 11 is 0. The third-order valence-electron chi connectivity index (χ3n) is 7.06. The first-order valence-electron chi connectivity index (χ1n) is 15.0. The van der Waals surface area contributed by atoms with Gasteiger partial charge in [0.25, 0.3) is 5.56 Å². The quantitative estimate of drug-likeness (QED) is 0.186. The zero-order valence-corrected chi connectivity index (χ0v) is 29.7. The van der Waals surface area contributed by atoms with Crippen LogP contribution in [0.3, 0.4) is 0 Å². The van der Waals surface area contributed by atoms with Gasteiger partial charge in [-0.05, 0) is 32.9 Å². The van der Waals surface area contributed by atoms with Crippen molar-refractivity contribution in [3.63, 3.8) is 0 Å². The molecule has 3 rings (SSSR count). The highest BCUT2D eigenvalue weighted by Gasteiger charge is 2.34. The van der Waals surface area contributed by atoms with Gasteiger partial charge in [-0.2, -0.15) is 0 Å². The van der Waals surface area contributed by atoms with Gasteiger partial charge in [0.15, 0.2) is 0 Å². The van der Waals surface area contributed by atoms with Crippen LogP contribution in [0.25, 0.3) is 11.0 Å². The molecule has 0 aliphatic carbocycles. The summed E-state index contributed by atoms with van der Waals surface area (Å²) in [6.07, 6.45) is 1.04. The van der Waals surface area contributed by atoms with Crippen molar-refractivity contribution in [2.75, 3.05) is 51.4 Å². The first kappa shape index (κ1) is 34.8. The van der Waals surface area contributed by atoms with Gasteiger partial charge >= 0.3 is 12.1 Å². The smallest absolute Gasteiger partial charge is 0.410 e. The molecule has 0 aromatic carbocycles. The van der Waals surface area contributed by atoms with E-state index in [9.17, 15) is 14.4 Å². The van der Waals surface area contributed by atoms with Gasteiger partial charge in [-0.25, -0.2) is 14.6 Å². The van der Waals surface area contributed by atoms with Crippen LogP contribution in [0, 0.1) is 0 Å². The van der Waals surface area contributed by atoms with Crippen molar-refractivity contribution in [3.8, 4) is 0 Å². The van der Waals surface area contributed by atoms with Crippen molar-refractivity contribution < 1.29 is 28.5 Å². The van der Waals surface area contributed by atoms with E-state index in [-0.39, 0.29) is 41.7 Å². The summed E-state index contributed by atoms with van der Waals surface area (Å²) in [5, 5.41) is 0. The summed E-state index contributed by atoms with van der Waals surface area (Å²) in [6.45, 7) is 22.0. The summed E-state index contributed by atoms with van der Waals surface area (Å²) in [5.74, 6) is -0.0906. The largest absolute Gasteiger partial charge is 0.465 e. The van der Waals surface area contributed by atoms with Crippen molar-refractivity contribution >= 4 is 45.1 Å². The molecule has 0 unspecified atom stereocenters. The minimum atomic E-state index is -1.36. The lowest BCUT2D eigenvalue weighted by molar-refractivity contribution is 0.0238. The Morgan fingerprint density at radius 2 is 1.47 bits per heavy atom. The number of ether oxygens (including phenoxy) is 4. The standard InChI is InChI=1S/C29H51N5O7Si2/c1-29(2,3)41-28(37)32-13-11-31(12-14-32)25-22(27(36)38-4)23-24(34(25)21-40-16-18-43(8,9)10)26(35)33(19-30-23)20-39-15-17-42(5,6)7/h19H,11-18,20-21H2,1-10H3. The number of amides is 1.